The van der Waals surface area contributed by atoms with Crippen LogP contribution in [0.25, 0.3) is 22.7 Å². The van der Waals surface area contributed by atoms with Crippen LogP contribution in [0, 0.1) is 6.92 Å². The summed E-state index contributed by atoms with van der Waals surface area (Å²) in [7, 11) is 0. The fourth-order valence-corrected chi connectivity index (χ4v) is 4.20. The first kappa shape index (κ1) is 21.8. The van der Waals surface area contributed by atoms with Crippen molar-refractivity contribution >= 4 is 28.4 Å². The Hall–Kier alpha value is -4.02. The lowest BCUT2D eigenvalue weighted by atomic mass is 10.1. The standard InChI is InChI=1S/C24H21N7O2S/c1-16-5-3-8-23(27-16)31-21(17-9-10-22-25-15-26-30(22)14-17)12-19(29-31)13-24(32)28-18-6-4-7-20(11-18)34(2)33/h3-12,14-15H,13H2,1-2H3,(H,28,32). The number of amides is 1. The maximum atomic E-state index is 12.8. The minimum atomic E-state index is -1.13. The normalized spacial score (nSPS) is 12.1. The average Bonchev–Trinajstić information content (AvgIpc) is 3.45. The summed E-state index contributed by atoms with van der Waals surface area (Å²) < 4.78 is 15.2. The summed E-state index contributed by atoms with van der Waals surface area (Å²) in [5, 5.41) is 11.8. The van der Waals surface area contributed by atoms with Gasteiger partial charge >= 0.3 is 0 Å². The van der Waals surface area contributed by atoms with Crippen molar-refractivity contribution in [1.82, 2.24) is 29.4 Å². The molecular weight excluding hydrogens is 450 g/mol. The number of carbonyl (C=O) groups is 1. The first-order chi connectivity index (χ1) is 16.5. The molecule has 0 saturated carbocycles. The van der Waals surface area contributed by atoms with Crippen LogP contribution < -0.4 is 5.32 Å². The monoisotopic (exact) mass is 471 g/mol. The van der Waals surface area contributed by atoms with E-state index in [1.807, 2.05) is 49.5 Å². The third kappa shape index (κ3) is 4.54. The maximum absolute atomic E-state index is 12.8. The number of fused-ring (bicyclic) bond motifs is 1. The van der Waals surface area contributed by atoms with Crippen molar-refractivity contribution in [1.29, 1.82) is 0 Å². The molecule has 1 atom stereocenters. The number of nitrogens with one attached hydrogen (secondary N) is 1. The van der Waals surface area contributed by atoms with Gasteiger partial charge in [-0.3, -0.25) is 4.79 Å². The van der Waals surface area contributed by atoms with Gasteiger partial charge in [0.15, 0.2) is 16.4 Å². The van der Waals surface area contributed by atoms with E-state index in [1.165, 1.54) is 6.33 Å². The van der Waals surface area contributed by atoms with Gasteiger partial charge in [0.25, 0.3) is 0 Å². The first-order valence-corrected chi connectivity index (χ1v) is 12.1. The third-order valence-electron chi connectivity index (χ3n) is 5.21. The molecule has 10 heteroatoms. The zero-order valence-corrected chi connectivity index (χ0v) is 19.4. The van der Waals surface area contributed by atoms with Gasteiger partial charge in [-0.2, -0.15) is 10.2 Å². The van der Waals surface area contributed by atoms with Crippen LogP contribution in [0.1, 0.15) is 11.4 Å². The number of nitrogens with zero attached hydrogens (tertiary/aromatic N) is 6. The molecule has 9 nitrogen and oxygen atoms in total. The van der Waals surface area contributed by atoms with Gasteiger partial charge in [-0.25, -0.2) is 19.2 Å². The Morgan fingerprint density at radius 1 is 1.12 bits per heavy atom. The predicted octanol–water partition coefficient (Wildman–Crippen LogP) is 3.20. The molecule has 5 aromatic rings. The molecule has 170 valence electrons. The van der Waals surface area contributed by atoms with Crippen molar-refractivity contribution in [3.63, 3.8) is 0 Å². The van der Waals surface area contributed by atoms with E-state index in [2.05, 4.69) is 20.4 Å². The second-order valence-electron chi connectivity index (χ2n) is 7.76. The largest absolute Gasteiger partial charge is 0.612 e. The summed E-state index contributed by atoms with van der Waals surface area (Å²) in [6.07, 6.45) is 5.03. The highest BCUT2D eigenvalue weighted by Crippen LogP contribution is 2.24. The van der Waals surface area contributed by atoms with Crippen molar-refractivity contribution in [2.75, 3.05) is 11.6 Å². The second kappa shape index (κ2) is 9.08. The Labute approximate surface area is 198 Å². The molecule has 0 aliphatic carbocycles. The molecule has 4 heterocycles. The number of anilines is 1. The number of pyridine rings is 2. The molecule has 0 saturated heterocycles. The van der Waals surface area contributed by atoms with Crippen LogP contribution in [0.4, 0.5) is 5.69 Å². The van der Waals surface area contributed by atoms with Crippen LogP contribution in [-0.4, -0.2) is 46.1 Å². The van der Waals surface area contributed by atoms with Crippen LogP contribution in [0.3, 0.4) is 0 Å². The molecule has 34 heavy (non-hydrogen) atoms. The lowest BCUT2D eigenvalue weighted by molar-refractivity contribution is -0.115. The van der Waals surface area contributed by atoms with Gasteiger partial charge in [0.05, 0.1) is 17.8 Å². The zero-order chi connectivity index (χ0) is 23.7. The SMILES string of the molecule is Cc1cccc(-n2nc(CC(=O)Nc3cccc([S+](C)[O-])c3)cc2-c2ccc3ncnn3c2)n1. The van der Waals surface area contributed by atoms with Crippen LogP contribution >= 0.6 is 0 Å². The number of carbonyl (C=O) groups excluding carboxylic acids is 1. The molecule has 1 amide bonds. The molecule has 1 unspecified atom stereocenters. The van der Waals surface area contributed by atoms with Crippen molar-refractivity contribution in [3.8, 4) is 17.1 Å². The van der Waals surface area contributed by atoms with Crippen LogP contribution in [0.15, 0.2) is 78.1 Å². The topological polar surface area (TPSA) is 113 Å². The zero-order valence-electron chi connectivity index (χ0n) is 18.5. The van der Waals surface area contributed by atoms with E-state index < -0.39 is 11.2 Å². The number of aromatic nitrogens is 6. The third-order valence-corrected chi connectivity index (χ3v) is 6.13. The summed E-state index contributed by atoms with van der Waals surface area (Å²) in [5.41, 5.74) is 4.41. The van der Waals surface area contributed by atoms with Gasteiger partial charge < -0.3 is 9.87 Å². The Bertz CT molecular complexity index is 1490. The summed E-state index contributed by atoms with van der Waals surface area (Å²) >= 11 is -1.13. The van der Waals surface area contributed by atoms with Crippen molar-refractivity contribution in [2.45, 2.75) is 18.2 Å². The number of hydrogen-bond donors (Lipinski definition) is 1. The van der Waals surface area contributed by atoms with Crippen LogP contribution in [-0.2, 0) is 22.4 Å². The van der Waals surface area contributed by atoms with E-state index in [1.54, 1.807) is 39.7 Å². The molecule has 0 radical (unpaired) electrons. The summed E-state index contributed by atoms with van der Waals surface area (Å²) in [6.45, 7) is 1.92. The Morgan fingerprint density at radius 3 is 2.79 bits per heavy atom. The lowest BCUT2D eigenvalue weighted by Crippen LogP contribution is -2.15. The highest BCUT2D eigenvalue weighted by molar-refractivity contribution is 7.90. The Kier molecular flexibility index (Phi) is 5.83. The van der Waals surface area contributed by atoms with E-state index in [0.29, 0.717) is 22.1 Å². The quantitative estimate of drug-likeness (QED) is 0.381. The van der Waals surface area contributed by atoms with E-state index >= 15 is 0 Å². The molecule has 1 aromatic carbocycles. The highest BCUT2D eigenvalue weighted by atomic mass is 32.2. The molecule has 0 aliphatic rings. The van der Waals surface area contributed by atoms with Gasteiger partial charge in [-0.15, -0.1) is 0 Å². The van der Waals surface area contributed by atoms with E-state index in [9.17, 15) is 9.35 Å². The van der Waals surface area contributed by atoms with Crippen LogP contribution in [0.2, 0.25) is 0 Å². The van der Waals surface area contributed by atoms with Gasteiger partial charge in [-0.1, -0.05) is 12.1 Å². The van der Waals surface area contributed by atoms with Gasteiger partial charge in [0.1, 0.15) is 12.6 Å². The van der Waals surface area contributed by atoms with Crippen molar-refractivity contribution in [2.24, 2.45) is 0 Å². The van der Waals surface area contributed by atoms with Gasteiger partial charge in [0.2, 0.25) is 5.91 Å². The van der Waals surface area contributed by atoms with Gasteiger partial charge in [-0.05, 0) is 60.6 Å². The second-order valence-corrected chi connectivity index (χ2v) is 9.14. The van der Waals surface area contributed by atoms with E-state index in [0.717, 1.165) is 22.6 Å². The Balaban J connectivity index is 1.47. The molecule has 5 rings (SSSR count). The lowest BCUT2D eigenvalue weighted by Gasteiger charge is -2.08. The molecule has 1 N–H and O–H groups in total. The summed E-state index contributed by atoms with van der Waals surface area (Å²) in [4.78, 5) is 22.2. The number of benzene rings is 1. The molecule has 0 bridgehead atoms. The first-order valence-electron chi connectivity index (χ1n) is 10.5. The fraction of sp³-hybridized carbons (Fsp3) is 0.125. The van der Waals surface area contributed by atoms with Crippen molar-refractivity contribution in [3.05, 3.63) is 84.6 Å². The fourth-order valence-electron chi connectivity index (χ4n) is 3.63. The minimum absolute atomic E-state index is 0.0663. The highest BCUT2D eigenvalue weighted by Gasteiger charge is 2.16. The molecule has 0 spiro atoms. The van der Waals surface area contributed by atoms with Crippen molar-refractivity contribution < 1.29 is 9.35 Å². The minimum Gasteiger partial charge on any atom is -0.612 e. The molecular formula is C24H21N7O2S. The molecule has 0 aliphatic heterocycles. The predicted molar refractivity (Wildman–Crippen MR) is 129 cm³/mol. The molecule has 0 fully saturated rings. The molecule has 4 aromatic heterocycles. The number of hydrogen-bond acceptors (Lipinski definition) is 6. The number of aryl methyl sites for hydroxylation is 1. The summed E-state index contributed by atoms with van der Waals surface area (Å²) in [5.74, 6) is 0.428. The smallest absolute Gasteiger partial charge is 0.230 e. The number of rotatable bonds is 6. The van der Waals surface area contributed by atoms with Crippen LogP contribution in [0.5, 0.6) is 0 Å². The van der Waals surface area contributed by atoms with E-state index in [-0.39, 0.29) is 12.3 Å². The Morgan fingerprint density at radius 2 is 1.97 bits per heavy atom. The maximum Gasteiger partial charge on any atom is 0.230 e. The summed E-state index contributed by atoms with van der Waals surface area (Å²) in [6, 6.07) is 18.4. The average molecular weight is 472 g/mol. The van der Waals surface area contributed by atoms with Gasteiger partial charge in [0, 0.05) is 29.2 Å². The van der Waals surface area contributed by atoms with E-state index in [4.69, 9.17) is 5.10 Å².